The Morgan fingerprint density at radius 2 is 1.93 bits per heavy atom. The molecule has 1 aromatic carbocycles. The number of hydrogen-bond acceptors (Lipinski definition) is 3. The van der Waals surface area contributed by atoms with E-state index >= 15 is 0 Å². The number of halogens is 2. The maximum atomic E-state index is 13.4. The highest BCUT2D eigenvalue weighted by Crippen LogP contribution is 2.33. The van der Waals surface area contributed by atoms with Crippen molar-refractivity contribution in [2.75, 3.05) is 21.0 Å². The molecule has 1 rings (SSSR count). The molecule has 0 radical (unpaired) electrons. The van der Waals surface area contributed by atoms with Crippen LogP contribution in [0.25, 0.3) is 0 Å². The van der Waals surface area contributed by atoms with Gasteiger partial charge in [-0.2, -0.15) is 0 Å². The summed E-state index contributed by atoms with van der Waals surface area (Å²) in [5.41, 5.74) is 0. The molecule has 0 fully saturated rings. The topological polar surface area (TPSA) is 27.7 Å². The molecule has 78 valence electrons. The Labute approximate surface area is 89.9 Å². The Hall–Kier alpha value is -0.810. The number of ether oxygens (including phenoxy) is 3. The minimum Gasteiger partial charge on any atom is -0.494 e. The Bertz CT molecular complexity index is 317. The molecule has 0 spiro atoms. The molecule has 1 aromatic rings. The van der Waals surface area contributed by atoms with Gasteiger partial charge in [0.25, 0.3) is 0 Å². The summed E-state index contributed by atoms with van der Waals surface area (Å²) in [6, 6.07) is 3.09. The summed E-state index contributed by atoms with van der Waals surface area (Å²) in [6.07, 6.45) is 0. The maximum absolute atomic E-state index is 13.4. The van der Waals surface area contributed by atoms with Gasteiger partial charge < -0.3 is 14.2 Å². The fourth-order valence-electron chi connectivity index (χ4n) is 0.906. The summed E-state index contributed by atoms with van der Waals surface area (Å²) < 4.78 is 28.2. The van der Waals surface area contributed by atoms with Crippen molar-refractivity contribution in [1.82, 2.24) is 0 Å². The van der Waals surface area contributed by atoms with Crippen molar-refractivity contribution in [2.24, 2.45) is 0 Å². The average Bonchev–Trinajstić information content (AvgIpc) is 2.20. The van der Waals surface area contributed by atoms with Gasteiger partial charge in [0.15, 0.2) is 18.4 Å². The third kappa shape index (κ3) is 2.36. The van der Waals surface area contributed by atoms with Crippen molar-refractivity contribution in [3.8, 4) is 11.5 Å². The van der Waals surface area contributed by atoms with Gasteiger partial charge in [-0.1, -0.05) is 0 Å². The van der Waals surface area contributed by atoms with Crippen LogP contribution in [0.3, 0.4) is 0 Å². The summed E-state index contributed by atoms with van der Waals surface area (Å²) in [5, 5.41) is 0. The Balaban J connectivity index is 2.92. The van der Waals surface area contributed by atoms with Gasteiger partial charge in [0.05, 0.1) is 11.6 Å². The first-order valence-corrected chi connectivity index (χ1v) is 4.63. The molecular formula is C9H10BrFO3. The number of benzene rings is 1. The second-order valence-electron chi connectivity index (χ2n) is 2.44. The predicted octanol–water partition coefficient (Wildman–Crippen LogP) is 2.58. The van der Waals surface area contributed by atoms with Crippen LogP contribution in [-0.4, -0.2) is 21.0 Å². The molecule has 0 bridgehead atoms. The predicted molar refractivity (Wildman–Crippen MR) is 53.2 cm³/mol. The van der Waals surface area contributed by atoms with Crippen LogP contribution in [0.4, 0.5) is 4.39 Å². The van der Waals surface area contributed by atoms with Crippen molar-refractivity contribution in [3.63, 3.8) is 0 Å². The zero-order chi connectivity index (χ0) is 10.6. The average molecular weight is 265 g/mol. The summed E-state index contributed by atoms with van der Waals surface area (Å²) >= 11 is 3.07. The molecule has 0 atom stereocenters. The van der Waals surface area contributed by atoms with E-state index < -0.39 is 5.82 Å². The van der Waals surface area contributed by atoms with E-state index in [9.17, 15) is 4.39 Å². The summed E-state index contributed by atoms with van der Waals surface area (Å²) in [7, 11) is 2.90. The van der Waals surface area contributed by atoms with Crippen molar-refractivity contribution in [1.29, 1.82) is 0 Å². The molecule has 3 nitrogen and oxygen atoms in total. The van der Waals surface area contributed by atoms with Gasteiger partial charge >= 0.3 is 0 Å². The fourth-order valence-corrected chi connectivity index (χ4v) is 1.35. The van der Waals surface area contributed by atoms with Crippen LogP contribution < -0.4 is 9.47 Å². The highest BCUT2D eigenvalue weighted by Gasteiger charge is 2.12. The van der Waals surface area contributed by atoms with Crippen LogP contribution in [0.2, 0.25) is 0 Å². The van der Waals surface area contributed by atoms with E-state index in [0.29, 0.717) is 5.75 Å². The van der Waals surface area contributed by atoms with Gasteiger partial charge in [-0.3, -0.25) is 0 Å². The number of hydrogen-bond donors (Lipinski definition) is 0. The zero-order valence-electron chi connectivity index (χ0n) is 7.84. The van der Waals surface area contributed by atoms with E-state index in [1.165, 1.54) is 20.3 Å². The van der Waals surface area contributed by atoms with Gasteiger partial charge in [0.1, 0.15) is 5.75 Å². The van der Waals surface area contributed by atoms with Crippen LogP contribution in [0, 0.1) is 5.82 Å². The molecule has 0 aliphatic carbocycles. The van der Waals surface area contributed by atoms with Crippen molar-refractivity contribution in [2.45, 2.75) is 0 Å². The van der Waals surface area contributed by atoms with Crippen molar-refractivity contribution < 1.29 is 18.6 Å². The molecule has 0 amide bonds. The second kappa shape index (κ2) is 5.17. The summed E-state index contributed by atoms with van der Waals surface area (Å²) in [6.45, 7) is 0.0738. The molecule has 0 saturated carbocycles. The molecule has 0 saturated heterocycles. The number of rotatable bonds is 4. The second-order valence-corrected chi connectivity index (χ2v) is 3.24. The third-order valence-corrected chi connectivity index (χ3v) is 2.30. The van der Waals surface area contributed by atoms with Gasteiger partial charge in [0.2, 0.25) is 0 Å². The van der Waals surface area contributed by atoms with Gasteiger partial charge in [-0.15, -0.1) is 0 Å². The van der Waals surface area contributed by atoms with E-state index in [1.54, 1.807) is 6.07 Å². The van der Waals surface area contributed by atoms with E-state index in [-0.39, 0.29) is 17.0 Å². The molecule has 5 heteroatoms. The first-order chi connectivity index (χ1) is 6.70. The normalized spacial score (nSPS) is 10.0. The van der Waals surface area contributed by atoms with E-state index in [4.69, 9.17) is 14.2 Å². The lowest BCUT2D eigenvalue weighted by atomic mass is 10.3. The standard InChI is InChI=1S/C9H10BrFO3/c1-12-5-14-6-3-4-7(13-2)9(11)8(6)10/h3-4H,5H2,1-2H3. The first-order valence-electron chi connectivity index (χ1n) is 3.84. The van der Waals surface area contributed by atoms with Gasteiger partial charge in [-0.05, 0) is 28.1 Å². The summed E-state index contributed by atoms with van der Waals surface area (Å²) in [5.74, 6) is 0.0629. The zero-order valence-corrected chi connectivity index (χ0v) is 9.43. The van der Waals surface area contributed by atoms with Crippen molar-refractivity contribution >= 4 is 15.9 Å². The maximum Gasteiger partial charge on any atom is 0.188 e. The fraction of sp³-hybridized carbons (Fsp3) is 0.333. The summed E-state index contributed by atoms with van der Waals surface area (Å²) in [4.78, 5) is 0. The molecule has 0 aromatic heterocycles. The molecule has 0 N–H and O–H groups in total. The third-order valence-electron chi connectivity index (χ3n) is 1.56. The lowest BCUT2D eigenvalue weighted by Gasteiger charge is -2.09. The Morgan fingerprint density at radius 3 is 2.50 bits per heavy atom. The van der Waals surface area contributed by atoms with Crippen LogP contribution in [-0.2, 0) is 4.74 Å². The van der Waals surface area contributed by atoms with Crippen LogP contribution in [0.1, 0.15) is 0 Å². The first kappa shape index (κ1) is 11.3. The van der Waals surface area contributed by atoms with E-state index in [2.05, 4.69) is 15.9 Å². The van der Waals surface area contributed by atoms with Crippen LogP contribution in [0.15, 0.2) is 16.6 Å². The Morgan fingerprint density at radius 1 is 1.29 bits per heavy atom. The van der Waals surface area contributed by atoms with Gasteiger partial charge in [-0.25, -0.2) is 4.39 Å². The van der Waals surface area contributed by atoms with E-state index in [0.717, 1.165) is 0 Å². The smallest absolute Gasteiger partial charge is 0.188 e. The molecule has 0 heterocycles. The highest BCUT2D eigenvalue weighted by atomic mass is 79.9. The molecule has 0 aliphatic rings. The highest BCUT2D eigenvalue weighted by molar-refractivity contribution is 9.10. The number of methoxy groups -OCH3 is 2. The van der Waals surface area contributed by atoms with Crippen molar-refractivity contribution in [3.05, 3.63) is 22.4 Å². The van der Waals surface area contributed by atoms with E-state index in [1.807, 2.05) is 0 Å². The molecular weight excluding hydrogens is 255 g/mol. The minimum atomic E-state index is -0.485. The molecule has 14 heavy (non-hydrogen) atoms. The lowest BCUT2D eigenvalue weighted by Crippen LogP contribution is -2.00. The molecule has 0 unspecified atom stereocenters. The van der Waals surface area contributed by atoms with Gasteiger partial charge in [0, 0.05) is 7.11 Å². The lowest BCUT2D eigenvalue weighted by molar-refractivity contribution is 0.0502. The largest absolute Gasteiger partial charge is 0.494 e. The van der Waals surface area contributed by atoms with Crippen LogP contribution in [0.5, 0.6) is 11.5 Å². The monoisotopic (exact) mass is 264 g/mol. The Kier molecular flexibility index (Phi) is 4.16. The minimum absolute atomic E-state index is 0.0738. The quantitative estimate of drug-likeness (QED) is 0.783. The SMILES string of the molecule is COCOc1ccc(OC)c(F)c1Br. The van der Waals surface area contributed by atoms with Crippen LogP contribution >= 0.6 is 15.9 Å². The molecule has 0 aliphatic heterocycles.